The number of benzene rings is 1. The highest BCUT2D eigenvalue weighted by Crippen LogP contribution is 2.40. The van der Waals surface area contributed by atoms with Crippen LogP contribution in [0.5, 0.6) is 5.75 Å². The Morgan fingerprint density at radius 2 is 1.96 bits per heavy atom. The first-order valence-corrected chi connectivity index (χ1v) is 8.36. The number of methoxy groups -OCH3 is 1. The van der Waals surface area contributed by atoms with Gasteiger partial charge in [-0.25, -0.2) is 9.59 Å². The Hall–Kier alpha value is -2.87. The van der Waals surface area contributed by atoms with Gasteiger partial charge in [0.05, 0.1) is 7.11 Å². The van der Waals surface area contributed by atoms with Gasteiger partial charge in [-0.15, -0.1) is 11.3 Å². The van der Waals surface area contributed by atoms with Crippen molar-refractivity contribution in [2.45, 2.75) is 12.8 Å². The summed E-state index contributed by atoms with van der Waals surface area (Å²) in [5.74, 6) is -0.562. The molecule has 0 saturated heterocycles. The van der Waals surface area contributed by atoms with E-state index in [2.05, 4.69) is 0 Å². The van der Waals surface area contributed by atoms with Crippen molar-refractivity contribution < 1.29 is 23.9 Å². The topological polar surface area (TPSA) is 108 Å². The molecule has 0 atom stereocenters. The molecule has 1 heterocycles. The third kappa shape index (κ3) is 3.63. The summed E-state index contributed by atoms with van der Waals surface area (Å²) < 4.78 is 10.2. The molecule has 1 aliphatic carbocycles. The van der Waals surface area contributed by atoms with E-state index in [1.54, 1.807) is 13.2 Å². The number of esters is 1. The minimum Gasteiger partial charge on any atom is -0.497 e. The molecule has 0 spiro atoms. The van der Waals surface area contributed by atoms with Crippen LogP contribution in [0.3, 0.4) is 0 Å². The SMILES string of the molecule is COc1ccc2c(c1)CCc1cc(C(=O)OCC(=O)NC(N)=O)sc1-2. The van der Waals surface area contributed by atoms with Gasteiger partial charge in [0.1, 0.15) is 10.6 Å². The maximum atomic E-state index is 12.1. The van der Waals surface area contributed by atoms with E-state index in [1.165, 1.54) is 16.9 Å². The van der Waals surface area contributed by atoms with E-state index in [9.17, 15) is 14.4 Å². The van der Waals surface area contributed by atoms with Crippen LogP contribution in [-0.4, -0.2) is 31.6 Å². The predicted octanol–water partition coefficient (Wildman–Crippen LogP) is 1.87. The zero-order chi connectivity index (χ0) is 18.0. The third-order valence-electron chi connectivity index (χ3n) is 3.83. The number of amides is 3. The van der Waals surface area contributed by atoms with E-state index in [1.807, 2.05) is 23.5 Å². The van der Waals surface area contributed by atoms with Crippen molar-refractivity contribution in [1.82, 2.24) is 5.32 Å². The number of fused-ring (bicyclic) bond motifs is 3. The molecule has 3 N–H and O–H groups in total. The number of hydrogen-bond donors (Lipinski definition) is 2. The molecule has 0 bridgehead atoms. The summed E-state index contributed by atoms with van der Waals surface area (Å²) in [6.07, 6.45) is 1.69. The summed E-state index contributed by atoms with van der Waals surface area (Å²) >= 11 is 1.33. The number of imide groups is 1. The number of carbonyl (C=O) groups is 3. The van der Waals surface area contributed by atoms with E-state index in [0.29, 0.717) is 4.88 Å². The summed E-state index contributed by atoms with van der Waals surface area (Å²) in [6, 6.07) is 6.68. The van der Waals surface area contributed by atoms with E-state index in [4.69, 9.17) is 15.2 Å². The quantitative estimate of drug-likeness (QED) is 0.810. The number of carbonyl (C=O) groups excluding carboxylic acids is 3. The van der Waals surface area contributed by atoms with Crippen LogP contribution in [-0.2, 0) is 22.4 Å². The van der Waals surface area contributed by atoms with Crippen LogP contribution in [0.15, 0.2) is 24.3 Å². The van der Waals surface area contributed by atoms with Crippen LogP contribution in [0, 0.1) is 0 Å². The van der Waals surface area contributed by atoms with Gasteiger partial charge in [0.15, 0.2) is 6.61 Å². The maximum absolute atomic E-state index is 12.1. The molecule has 0 unspecified atom stereocenters. The number of hydrogen-bond acceptors (Lipinski definition) is 6. The zero-order valence-electron chi connectivity index (χ0n) is 13.5. The van der Waals surface area contributed by atoms with Gasteiger partial charge in [0, 0.05) is 4.88 Å². The fourth-order valence-corrected chi connectivity index (χ4v) is 3.88. The normalized spacial score (nSPS) is 11.9. The van der Waals surface area contributed by atoms with Gasteiger partial charge in [-0.05, 0) is 53.8 Å². The van der Waals surface area contributed by atoms with Crippen molar-refractivity contribution in [3.05, 3.63) is 40.3 Å². The van der Waals surface area contributed by atoms with Crippen LogP contribution in [0.2, 0.25) is 0 Å². The molecule has 1 aliphatic rings. The number of thiophene rings is 1. The van der Waals surface area contributed by atoms with Crippen LogP contribution in [0.4, 0.5) is 4.79 Å². The summed E-state index contributed by atoms with van der Waals surface area (Å²) in [5.41, 5.74) is 8.16. The number of primary amides is 1. The molecule has 130 valence electrons. The molecule has 7 nitrogen and oxygen atoms in total. The van der Waals surface area contributed by atoms with Crippen molar-refractivity contribution in [3.8, 4) is 16.2 Å². The lowest BCUT2D eigenvalue weighted by molar-refractivity contribution is -0.123. The monoisotopic (exact) mass is 360 g/mol. The van der Waals surface area contributed by atoms with Crippen molar-refractivity contribution >= 4 is 29.2 Å². The molecule has 0 fully saturated rings. The fraction of sp³-hybridized carbons (Fsp3) is 0.235. The van der Waals surface area contributed by atoms with Crippen LogP contribution < -0.4 is 15.8 Å². The highest BCUT2D eigenvalue weighted by atomic mass is 32.1. The minimum absolute atomic E-state index is 0.417. The molecule has 1 aromatic heterocycles. The average Bonchev–Trinajstić information content (AvgIpc) is 3.03. The summed E-state index contributed by atoms with van der Waals surface area (Å²) in [7, 11) is 1.63. The third-order valence-corrected chi connectivity index (χ3v) is 5.02. The second kappa shape index (κ2) is 6.94. The molecule has 3 rings (SSSR count). The Kier molecular flexibility index (Phi) is 4.71. The molecule has 0 aliphatic heterocycles. The van der Waals surface area contributed by atoms with Crippen LogP contribution in [0.25, 0.3) is 10.4 Å². The van der Waals surface area contributed by atoms with Crippen LogP contribution in [0.1, 0.15) is 20.8 Å². The van der Waals surface area contributed by atoms with Gasteiger partial charge in [-0.1, -0.05) is 0 Å². The van der Waals surface area contributed by atoms with Crippen molar-refractivity contribution in [3.63, 3.8) is 0 Å². The largest absolute Gasteiger partial charge is 0.497 e. The molecule has 25 heavy (non-hydrogen) atoms. The van der Waals surface area contributed by atoms with Crippen molar-refractivity contribution in [2.24, 2.45) is 5.73 Å². The number of rotatable bonds is 4. The van der Waals surface area contributed by atoms with Crippen LogP contribution >= 0.6 is 11.3 Å². The average molecular weight is 360 g/mol. The Balaban J connectivity index is 1.76. The van der Waals surface area contributed by atoms with Gasteiger partial charge in [-0.3, -0.25) is 10.1 Å². The van der Waals surface area contributed by atoms with Gasteiger partial charge in [0.2, 0.25) is 0 Å². The summed E-state index contributed by atoms with van der Waals surface area (Å²) in [4.78, 5) is 35.5. The first-order chi connectivity index (χ1) is 12.0. The van der Waals surface area contributed by atoms with E-state index < -0.39 is 24.5 Å². The molecule has 0 saturated carbocycles. The number of ether oxygens (including phenoxy) is 2. The van der Waals surface area contributed by atoms with E-state index in [0.717, 1.165) is 34.6 Å². The zero-order valence-corrected chi connectivity index (χ0v) is 14.3. The molecular weight excluding hydrogens is 344 g/mol. The van der Waals surface area contributed by atoms with Crippen molar-refractivity contribution in [1.29, 1.82) is 0 Å². The van der Waals surface area contributed by atoms with E-state index in [-0.39, 0.29) is 0 Å². The Bertz CT molecular complexity index is 859. The number of nitrogens with one attached hydrogen (secondary N) is 1. The molecule has 3 amide bonds. The maximum Gasteiger partial charge on any atom is 0.348 e. The highest BCUT2D eigenvalue weighted by Gasteiger charge is 2.23. The molecule has 2 aromatic rings. The standard InChI is InChI=1S/C17H16N2O5S/c1-23-11-4-5-12-9(6-11)2-3-10-7-13(25-15(10)12)16(21)24-8-14(20)19-17(18)22/h4-7H,2-3,8H2,1H3,(H3,18,19,20,22). The lowest BCUT2D eigenvalue weighted by atomic mass is 9.91. The van der Waals surface area contributed by atoms with Crippen molar-refractivity contribution in [2.75, 3.05) is 13.7 Å². The smallest absolute Gasteiger partial charge is 0.348 e. The molecular formula is C17H16N2O5S. The van der Waals surface area contributed by atoms with Gasteiger partial charge in [-0.2, -0.15) is 0 Å². The molecule has 8 heteroatoms. The molecule has 0 radical (unpaired) electrons. The second-order valence-electron chi connectivity index (χ2n) is 5.48. The van der Waals surface area contributed by atoms with Gasteiger partial charge >= 0.3 is 12.0 Å². The summed E-state index contributed by atoms with van der Waals surface area (Å²) in [5, 5.41) is 1.84. The van der Waals surface area contributed by atoms with E-state index >= 15 is 0 Å². The van der Waals surface area contributed by atoms with Gasteiger partial charge < -0.3 is 15.2 Å². The fourth-order valence-electron chi connectivity index (χ4n) is 2.71. The second-order valence-corrected chi connectivity index (χ2v) is 6.53. The number of aryl methyl sites for hydroxylation is 2. The minimum atomic E-state index is -0.986. The Morgan fingerprint density at radius 3 is 2.68 bits per heavy atom. The Morgan fingerprint density at radius 1 is 1.20 bits per heavy atom. The lowest BCUT2D eigenvalue weighted by Crippen LogP contribution is -2.37. The first kappa shape index (κ1) is 17.0. The summed E-state index contributed by atoms with van der Waals surface area (Å²) in [6.45, 7) is -0.557. The lowest BCUT2D eigenvalue weighted by Gasteiger charge is -2.16. The number of urea groups is 1. The highest BCUT2D eigenvalue weighted by molar-refractivity contribution is 7.17. The first-order valence-electron chi connectivity index (χ1n) is 7.54. The molecule has 1 aromatic carbocycles. The van der Waals surface area contributed by atoms with Gasteiger partial charge in [0.25, 0.3) is 5.91 Å². The number of nitrogens with two attached hydrogens (primary N) is 1. The predicted molar refractivity (Wildman–Crippen MR) is 91.7 cm³/mol. The Labute approximate surface area is 147 Å².